The van der Waals surface area contributed by atoms with Crippen molar-refractivity contribution in [2.75, 3.05) is 0 Å². The maximum atomic E-state index is 9.44. The Morgan fingerprint density at radius 3 is 2.86 bits per heavy atom. The molecule has 7 heavy (non-hydrogen) atoms. The first kappa shape index (κ1) is 3.85. The molecule has 0 aromatic carbocycles. The summed E-state index contributed by atoms with van der Waals surface area (Å²) in [4.78, 5) is 9.44. The normalized spacial score (nSPS) is 8.57. The Morgan fingerprint density at radius 2 is 2.57 bits per heavy atom. The van der Waals surface area contributed by atoms with Crippen molar-refractivity contribution in [1.29, 1.82) is 0 Å². The molecule has 6 nitrogen and oxygen atoms in total. The van der Waals surface area contributed by atoms with Crippen LogP contribution in [0.5, 0.6) is 0 Å². The molecule has 0 saturated heterocycles. The summed E-state index contributed by atoms with van der Waals surface area (Å²) >= 11 is 0. The van der Waals surface area contributed by atoms with Crippen LogP contribution in [0, 0.1) is 4.91 Å². The van der Waals surface area contributed by atoms with Gasteiger partial charge in [0.05, 0.1) is 0 Å². The van der Waals surface area contributed by atoms with E-state index in [-0.39, 0.29) is 5.95 Å². The van der Waals surface area contributed by atoms with Gasteiger partial charge in [-0.25, -0.2) is 5.10 Å². The van der Waals surface area contributed by atoms with Crippen LogP contribution in [0.25, 0.3) is 0 Å². The van der Waals surface area contributed by atoms with Gasteiger partial charge in [-0.05, 0) is 10.4 Å². The largest absolute Gasteiger partial charge is 0.307 e. The maximum absolute atomic E-state index is 9.44. The van der Waals surface area contributed by atoms with E-state index in [1.807, 2.05) is 0 Å². The number of hydrogen-bond acceptors (Lipinski definition) is 5. The molecule has 0 aliphatic carbocycles. The molecule has 0 saturated carbocycles. The van der Waals surface area contributed by atoms with Crippen LogP contribution in [0.1, 0.15) is 0 Å². The number of nitroso groups, excluding NO2 is 1. The molecule has 1 rings (SSSR count). The summed E-state index contributed by atoms with van der Waals surface area (Å²) in [5.74, 6) is -0.0972. The number of nitrogens with one attached hydrogen (secondary N) is 1. The molecule has 1 aromatic heterocycles. The lowest BCUT2D eigenvalue weighted by Crippen LogP contribution is -1.64. The smallest absolute Gasteiger partial charge is 0.221 e. The van der Waals surface area contributed by atoms with Gasteiger partial charge in [0, 0.05) is 5.18 Å². The zero-order valence-corrected chi connectivity index (χ0v) is 3.20. The highest BCUT2D eigenvalue weighted by atomic mass is 16.3. The van der Waals surface area contributed by atoms with E-state index in [1.165, 1.54) is 0 Å². The average molecular weight is 99.1 g/mol. The summed E-state index contributed by atoms with van der Waals surface area (Å²) in [5.41, 5.74) is 0. The third-order valence-electron chi connectivity index (χ3n) is 0.421. The second-order valence-electron chi connectivity index (χ2n) is 0.816. The van der Waals surface area contributed by atoms with Crippen molar-refractivity contribution in [2.45, 2.75) is 0 Å². The number of nitrogens with zero attached hydrogens (tertiary/aromatic N) is 4. The first-order chi connectivity index (χ1) is 3.43. The van der Waals surface area contributed by atoms with Crippen molar-refractivity contribution in [3.63, 3.8) is 0 Å². The van der Waals surface area contributed by atoms with Gasteiger partial charge in [-0.15, -0.1) is 4.91 Å². The summed E-state index contributed by atoms with van der Waals surface area (Å²) < 4.78 is 0. The SMILES string of the molecule is O=Nc1nnn[nH]1. The predicted molar refractivity (Wildman–Crippen MR) is 19.6 cm³/mol. The van der Waals surface area contributed by atoms with Gasteiger partial charge in [0.1, 0.15) is 0 Å². The molecule has 0 aliphatic heterocycles. The minimum atomic E-state index is -0.0972. The zero-order chi connectivity index (χ0) is 5.11. The molecule has 0 fully saturated rings. The first-order valence-electron chi connectivity index (χ1n) is 1.50. The Balaban J connectivity index is 2.96. The van der Waals surface area contributed by atoms with E-state index in [4.69, 9.17) is 0 Å². The zero-order valence-electron chi connectivity index (χ0n) is 3.20. The second kappa shape index (κ2) is 1.41. The molecule has 36 valence electrons. The molecule has 0 bridgehead atoms. The molecule has 0 amide bonds. The van der Waals surface area contributed by atoms with Gasteiger partial charge < -0.3 is 0 Å². The van der Waals surface area contributed by atoms with Crippen LogP contribution >= 0.6 is 0 Å². The molecule has 1 heterocycles. The maximum Gasteiger partial charge on any atom is 0.307 e. The lowest BCUT2D eigenvalue weighted by atomic mass is 11.2. The van der Waals surface area contributed by atoms with Gasteiger partial charge in [0.25, 0.3) is 0 Å². The van der Waals surface area contributed by atoms with Gasteiger partial charge in [0.2, 0.25) is 0 Å². The quantitative estimate of drug-likeness (QED) is 0.485. The molecule has 0 aliphatic rings. The van der Waals surface area contributed by atoms with E-state index in [0.717, 1.165) is 0 Å². The molecule has 0 radical (unpaired) electrons. The van der Waals surface area contributed by atoms with Crippen LogP contribution in [0.15, 0.2) is 5.18 Å². The molecule has 0 atom stereocenters. The number of tetrazole rings is 1. The number of aromatic amines is 1. The molecule has 6 heteroatoms. The van der Waals surface area contributed by atoms with E-state index in [1.54, 1.807) is 0 Å². The molecular formula is CHN5O. The molecule has 1 N–H and O–H groups in total. The van der Waals surface area contributed by atoms with Crippen molar-refractivity contribution in [3.8, 4) is 0 Å². The number of hydrogen-bond donors (Lipinski definition) is 1. The Bertz CT molecular complexity index is 143. The highest BCUT2D eigenvalue weighted by Crippen LogP contribution is 1.91. The lowest BCUT2D eigenvalue weighted by Gasteiger charge is -1.61. The monoisotopic (exact) mass is 99.0 g/mol. The minimum absolute atomic E-state index is 0.0972. The highest BCUT2D eigenvalue weighted by Gasteiger charge is 1.88. The van der Waals surface area contributed by atoms with Crippen LogP contribution in [0.4, 0.5) is 5.95 Å². The van der Waals surface area contributed by atoms with Crippen LogP contribution in [-0.4, -0.2) is 20.6 Å². The van der Waals surface area contributed by atoms with Crippen LogP contribution in [0.2, 0.25) is 0 Å². The standard InChI is InChI=1S/CHN5O/c7-4-1-2-5-6-3-1/h(H,2,3,5,6). The van der Waals surface area contributed by atoms with E-state index in [2.05, 4.69) is 25.8 Å². The third-order valence-corrected chi connectivity index (χ3v) is 0.421. The van der Waals surface area contributed by atoms with Gasteiger partial charge in [-0.3, -0.25) is 0 Å². The average Bonchev–Trinajstić information content (AvgIpc) is 2.14. The fourth-order valence-corrected chi connectivity index (χ4v) is 0.193. The van der Waals surface area contributed by atoms with E-state index < -0.39 is 0 Å². The summed E-state index contributed by atoms with van der Waals surface area (Å²) in [7, 11) is 0. The van der Waals surface area contributed by atoms with Crippen molar-refractivity contribution in [1.82, 2.24) is 20.6 Å². The van der Waals surface area contributed by atoms with Gasteiger partial charge in [-0.2, -0.15) is 0 Å². The number of rotatable bonds is 1. The van der Waals surface area contributed by atoms with Crippen molar-refractivity contribution >= 4 is 5.95 Å². The number of H-pyrrole nitrogens is 1. The second-order valence-corrected chi connectivity index (χ2v) is 0.816. The fraction of sp³-hybridized carbons (Fsp3) is 0. The third kappa shape index (κ3) is 0.566. The predicted octanol–water partition coefficient (Wildman–Crippen LogP) is -0.402. The minimum Gasteiger partial charge on any atom is -0.221 e. The first-order valence-corrected chi connectivity index (χ1v) is 1.50. The highest BCUT2D eigenvalue weighted by molar-refractivity contribution is 5.04. The van der Waals surface area contributed by atoms with Gasteiger partial charge in [-0.1, -0.05) is 5.10 Å². The van der Waals surface area contributed by atoms with Crippen molar-refractivity contribution in [3.05, 3.63) is 4.91 Å². The van der Waals surface area contributed by atoms with E-state index in [0.29, 0.717) is 0 Å². The topological polar surface area (TPSA) is 83.9 Å². The van der Waals surface area contributed by atoms with Crippen molar-refractivity contribution < 1.29 is 0 Å². The van der Waals surface area contributed by atoms with E-state index in [9.17, 15) is 4.91 Å². The van der Waals surface area contributed by atoms with Gasteiger partial charge in [0.15, 0.2) is 0 Å². The summed E-state index contributed by atoms with van der Waals surface area (Å²) in [6.45, 7) is 0. The molecule has 0 unspecified atom stereocenters. The molecular weight excluding hydrogens is 98.0 g/mol. The molecule has 1 aromatic rings. The Kier molecular flexibility index (Phi) is 0.777. The van der Waals surface area contributed by atoms with E-state index >= 15 is 0 Å². The van der Waals surface area contributed by atoms with Crippen LogP contribution < -0.4 is 0 Å². The molecule has 0 spiro atoms. The summed E-state index contributed by atoms with van der Waals surface area (Å²) in [5, 5.41) is 13.8. The van der Waals surface area contributed by atoms with Crippen LogP contribution in [-0.2, 0) is 0 Å². The summed E-state index contributed by atoms with van der Waals surface area (Å²) in [6.07, 6.45) is 0. The Labute approximate surface area is 37.9 Å². The number of aromatic nitrogens is 4. The Morgan fingerprint density at radius 1 is 1.71 bits per heavy atom. The lowest BCUT2D eigenvalue weighted by molar-refractivity contribution is 0.881. The van der Waals surface area contributed by atoms with Crippen LogP contribution in [0.3, 0.4) is 0 Å². The summed E-state index contributed by atoms with van der Waals surface area (Å²) in [6, 6.07) is 0. The fourth-order valence-electron chi connectivity index (χ4n) is 0.193. The Hall–Kier alpha value is -1.33. The van der Waals surface area contributed by atoms with Gasteiger partial charge >= 0.3 is 5.95 Å². The van der Waals surface area contributed by atoms with Crippen molar-refractivity contribution in [2.24, 2.45) is 5.18 Å².